The van der Waals surface area contributed by atoms with Crippen molar-refractivity contribution in [2.75, 3.05) is 12.3 Å². The maximum Gasteiger partial charge on any atom is 0.251 e. The van der Waals surface area contributed by atoms with Crippen LogP contribution in [0.15, 0.2) is 42.5 Å². The van der Waals surface area contributed by atoms with Crippen molar-refractivity contribution in [1.29, 1.82) is 0 Å². The molecule has 2 aromatic carbocycles. The zero-order valence-electron chi connectivity index (χ0n) is 12.9. The number of nitrogen functional groups attached to an aromatic ring is 1. The SMILES string of the molecule is Cc1ccc(N)cc1C(=O)NCC1(c2ccc(F)cc2)CC1.Cl. The van der Waals surface area contributed by atoms with Gasteiger partial charge in [-0.25, -0.2) is 4.39 Å². The first-order valence-electron chi connectivity index (χ1n) is 7.41. The molecule has 3 nitrogen and oxygen atoms in total. The maximum atomic E-state index is 13.0. The lowest BCUT2D eigenvalue weighted by Gasteiger charge is -2.17. The lowest BCUT2D eigenvalue weighted by Crippen LogP contribution is -2.32. The van der Waals surface area contributed by atoms with Crippen LogP contribution in [0.2, 0.25) is 0 Å². The van der Waals surface area contributed by atoms with Crippen LogP contribution in [-0.2, 0) is 5.41 Å². The van der Waals surface area contributed by atoms with Crippen LogP contribution in [0.3, 0.4) is 0 Å². The van der Waals surface area contributed by atoms with Crippen molar-refractivity contribution in [1.82, 2.24) is 5.32 Å². The highest BCUT2D eigenvalue weighted by Crippen LogP contribution is 2.47. The Hall–Kier alpha value is -2.07. The molecule has 3 N–H and O–H groups in total. The predicted molar refractivity (Wildman–Crippen MR) is 92.5 cm³/mol. The number of hydrogen-bond donors (Lipinski definition) is 2. The quantitative estimate of drug-likeness (QED) is 0.839. The molecule has 0 saturated heterocycles. The Labute approximate surface area is 141 Å². The van der Waals surface area contributed by atoms with Crippen molar-refractivity contribution in [3.05, 3.63) is 65.0 Å². The standard InChI is InChI=1S/C18H19FN2O.ClH/c1-12-2-7-15(20)10-16(12)17(22)21-11-18(8-9-18)13-3-5-14(19)6-4-13;/h2-7,10H,8-9,11,20H2,1H3,(H,21,22);1H. The van der Waals surface area contributed by atoms with Crippen molar-refractivity contribution < 1.29 is 9.18 Å². The summed E-state index contributed by atoms with van der Waals surface area (Å²) < 4.78 is 13.0. The number of benzene rings is 2. The Kier molecular flexibility index (Phi) is 4.95. The van der Waals surface area contributed by atoms with Crippen LogP contribution in [0.4, 0.5) is 10.1 Å². The lowest BCUT2D eigenvalue weighted by molar-refractivity contribution is 0.0949. The third kappa shape index (κ3) is 3.64. The third-order valence-corrected chi connectivity index (χ3v) is 4.40. The van der Waals surface area contributed by atoms with E-state index in [4.69, 9.17) is 5.73 Å². The van der Waals surface area contributed by atoms with Crippen LogP contribution >= 0.6 is 12.4 Å². The fourth-order valence-corrected chi connectivity index (χ4v) is 2.75. The molecule has 122 valence electrons. The van der Waals surface area contributed by atoms with Crippen LogP contribution in [0.5, 0.6) is 0 Å². The van der Waals surface area contributed by atoms with E-state index in [1.807, 2.05) is 13.0 Å². The van der Waals surface area contributed by atoms with Gasteiger partial charge in [-0.3, -0.25) is 4.79 Å². The highest BCUT2D eigenvalue weighted by molar-refractivity contribution is 5.96. The van der Waals surface area contributed by atoms with Crippen molar-refractivity contribution in [3.63, 3.8) is 0 Å². The third-order valence-electron chi connectivity index (χ3n) is 4.40. The minimum absolute atomic E-state index is 0. The van der Waals surface area contributed by atoms with Crippen LogP contribution < -0.4 is 11.1 Å². The zero-order valence-corrected chi connectivity index (χ0v) is 13.8. The second kappa shape index (κ2) is 6.59. The van der Waals surface area contributed by atoms with E-state index in [1.165, 1.54) is 12.1 Å². The largest absolute Gasteiger partial charge is 0.399 e. The van der Waals surface area contributed by atoms with Gasteiger partial charge in [-0.1, -0.05) is 18.2 Å². The first-order valence-corrected chi connectivity index (χ1v) is 7.41. The van der Waals surface area contributed by atoms with E-state index in [9.17, 15) is 9.18 Å². The number of hydrogen-bond acceptors (Lipinski definition) is 2. The Morgan fingerprint density at radius 2 is 1.87 bits per heavy atom. The predicted octanol–water partition coefficient (Wildman–Crippen LogP) is 3.60. The number of carbonyl (C=O) groups excluding carboxylic acids is 1. The van der Waals surface area contributed by atoms with E-state index in [1.54, 1.807) is 24.3 Å². The van der Waals surface area contributed by atoms with Gasteiger partial charge < -0.3 is 11.1 Å². The summed E-state index contributed by atoms with van der Waals surface area (Å²) in [5.41, 5.74) is 8.87. The van der Waals surface area contributed by atoms with Gasteiger partial charge in [-0.15, -0.1) is 12.4 Å². The Bertz CT molecular complexity index is 711. The summed E-state index contributed by atoms with van der Waals surface area (Å²) in [5, 5.41) is 2.99. The van der Waals surface area contributed by atoms with Gasteiger partial charge in [0.15, 0.2) is 0 Å². The van der Waals surface area contributed by atoms with Gasteiger partial charge in [0.25, 0.3) is 5.91 Å². The summed E-state index contributed by atoms with van der Waals surface area (Å²) in [6, 6.07) is 11.9. The highest BCUT2D eigenvalue weighted by Gasteiger charge is 2.44. The Morgan fingerprint density at radius 3 is 2.48 bits per heavy atom. The number of amides is 1. The summed E-state index contributed by atoms with van der Waals surface area (Å²) in [6.45, 7) is 2.45. The summed E-state index contributed by atoms with van der Waals surface area (Å²) in [5.74, 6) is -0.350. The van der Waals surface area contributed by atoms with Crippen LogP contribution in [0.25, 0.3) is 0 Å². The lowest BCUT2D eigenvalue weighted by atomic mass is 9.95. The number of halogens is 2. The van der Waals surface area contributed by atoms with Gasteiger partial charge in [0.2, 0.25) is 0 Å². The molecular weight excluding hydrogens is 315 g/mol. The fourth-order valence-electron chi connectivity index (χ4n) is 2.75. The second-order valence-electron chi connectivity index (χ2n) is 6.04. The molecule has 0 spiro atoms. The summed E-state index contributed by atoms with van der Waals surface area (Å²) >= 11 is 0. The maximum absolute atomic E-state index is 13.0. The number of nitrogens with one attached hydrogen (secondary N) is 1. The summed E-state index contributed by atoms with van der Waals surface area (Å²) in [4.78, 5) is 12.4. The van der Waals surface area contributed by atoms with Gasteiger partial charge in [-0.2, -0.15) is 0 Å². The van der Waals surface area contributed by atoms with Crippen LogP contribution in [-0.4, -0.2) is 12.5 Å². The average Bonchev–Trinajstić information content (AvgIpc) is 3.29. The molecule has 23 heavy (non-hydrogen) atoms. The number of aryl methyl sites for hydroxylation is 1. The normalized spacial score (nSPS) is 14.7. The van der Waals surface area contributed by atoms with Gasteiger partial charge >= 0.3 is 0 Å². The van der Waals surface area contributed by atoms with Crippen molar-refractivity contribution >= 4 is 24.0 Å². The Balaban J connectivity index is 0.00000192. The number of rotatable bonds is 4. The molecule has 1 aliphatic carbocycles. The molecule has 0 heterocycles. The average molecular weight is 335 g/mol. The van der Waals surface area contributed by atoms with Crippen LogP contribution in [0, 0.1) is 12.7 Å². The molecular formula is C18H20ClFN2O. The molecule has 1 amide bonds. The van der Waals surface area contributed by atoms with E-state index in [2.05, 4.69) is 5.32 Å². The second-order valence-corrected chi connectivity index (χ2v) is 6.04. The molecule has 3 rings (SSSR count). The van der Waals surface area contributed by atoms with E-state index in [-0.39, 0.29) is 29.5 Å². The molecule has 0 unspecified atom stereocenters. The highest BCUT2D eigenvalue weighted by atomic mass is 35.5. The smallest absolute Gasteiger partial charge is 0.251 e. The minimum atomic E-state index is -0.237. The molecule has 0 aromatic heterocycles. The van der Waals surface area contributed by atoms with Gasteiger partial charge in [0, 0.05) is 23.2 Å². The molecule has 2 aromatic rings. The number of nitrogens with two attached hydrogens (primary N) is 1. The first-order chi connectivity index (χ1) is 10.5. The molecule has 1 fully saturated rings. The minimum Gasteiger partial charge on any atom is -0.399 e. The molecule has 1 aliphatic rings. The van der Waals surface area contributed by atoms with E-state index < -0.39 is 0 Å². The monoisotopic (exact) mass is 334 g/mol. The summed E-state index contributed by atoms with van der Waals surface area (Å²) in [7, 11) is 0. The first kappa shape index (κ1) is 17.3. The van der Waals surface area contributed by atoms with Crippen molar-refractivity contribution in [3.8, 4) is 0 Å². The number of carbonyl (C=O) groups is 1. The van der Waals surface area contributed by atoms with Gasteiger partial charge in [0.05, 0.1) is 0 Å². The number of anilines is 1. The van der Waals surface area contributed by atoms with Crippen molar-refractivity contribution in [2.24, 2.45) is 0 Å². The zero-order chi connectivity index (χ0) is 15.7. The Morgan fingerprint density at radius 1 is 1.22 bits per heavy atom. The molecule has 0 bridgehead atoms. The van der Waals surface area contributed by atoms with Gasteiger partial charge in [0.1, 0.15) is 5.82 Å². The fraction of sp³-hybridized carbons (Fsp3) is 0.278. The van der Waals surface area contributed by atoms with E-state index in [0.29, 0.717) is 17.8 Å². The molecule has 0 radical (unpaired) electrons. The van der Waals surface area contributed by atoms with E-state index >= 15 is 0 Å². The molecule has 0 aliphatic heterocycles. The van der Waals surface area contributed by atoms with Crippen molar-refractivity contribution in [2.45, 2.75) is 25.2 Å². The molecule has 1 saturated carbocycles. The topological polar surface area (TPSA) is 55.1 Å². The van der Waals surface area contributed by atoms with Gasteiger partial charge in [-0.05, 0) is 55.2 Å². The molecule has 0 atom stereocenters. The molecule has 5 heteroatoms. The summed E-state index contributed by atoms with van der Waals surface area (Å²) in [6.07, 6.45) is 2.02. The van der Waals surface area contributed by atoms with E-state index in [0.717, 1.165) is 24.0 Å². The van der Waals surface area contributed by atoms with Crippen LogP contribution in [0.1, 0.15) is 34.3 Å².